The Balaban J connectivity index is 1.84. The number of hydrogen-bond donors (Lipinski definition) is 0. The van der Waals surface area contributed by atoms with Crippen molar-refractivity contribution in [2.75, 3.05) is 26.3 Å². The second-order valence-electron chi connectivity index (χ2n) is 6.87. The van der Waals surface area contributed by atoms with Gasteiger partial charge in [-0.25, -0.2) is 14.8 Å². The smallest absolute Gasteiger partial charge is 0.410 e. The Kier molecular flexibility index (Phi) is 6.23. The van der Waals surface area contributed by atoms with Crippen LogP contribution in [0.1, 0.15) is 40.5 Å². The zero-order valence-corrected chi connectivity index (χ0v) is 14.9. The number of carbonyl (C=O) groups is 1. The molecule has 0 radical (unpaired) electrons. The minimum atomic E-state index is -0.475. The molecule has 0 saturated carbocycles. The molecule has 1 aliphatic heterocycles. The highest BCUT2D eigenvalue weighted by atomic mass is 16.6. The maximum Gasteiger partial charge on any atom is 0.410 e. The van der Waals surface area contributed by atoms with Gasteiger partial charge in [0.25, 0.3) is 0 Å². The third-order valence-electron chi connectivity index (χ3n) is 3.55. The average molecular weight is 337 g/mol. The molecule has 0 spiro atoms. The number of amides is 1. The van der Waals surface area contributed by atoms with E-state index < -0.39 is 5.60 Å². The maximum absolute atomic E-state index is 12.2. The molecule has 0 aliphatic carbocycles. The lowest BCUT2D eigenvalue weighted by molar-refractivity contribution is 0.0138. The summed E-state index contributed by atoms with van der Waals surface area (Å²) in [6, 6.07) is 1.68. The molecule has 7 heteroatoms. The van der Waals surface area contributed by atoms with Gasteiger partial charge in [0.1, 0.15) is 11.9 Å². The quantitative estimate of drug-likeness (QED) is 0.822. The molecule has 1 aliphatic rings. The van der Waals surface area contributed by atoms with Crippen LogP contribution < -0.4 is 9.47 Å². The van der Waals surface area contributed by atoms with Crippen LogP contribution in [0.2, 0.25) is 0 Å². The third kappa shape index (κ3) is 5.86. The van der Waals surface area contributed by atoms with Crippen LogP contribution in [0.15, 0.2) is 12.4 Å². The lowest BCUT2D eigenvalue weighted by Gasteiger charge is -2.33. The number of rotatable bonds is 5. The van der Waals surface area contributed by atoms with Crippen molar-refractivity contribution in [3.8, 4) is 11.8 Å². The SMILES string of the molecule is CCOc1cc(OCC2CCCN(C(=O)OC(C)(C)C)C2)ncn1. The van der Waals surface area contributed by atoms with Crippen LogP contribution in [0.3, 0.4) is 0 Å². The van der Waals surface area contributed by atoms with Crippen LogP contribution in [0.25, 0.3) is 0 Å². The standard InChI is InChI=1S/C17H27N3O4/c1-5-22-14-9-15(19-12-18-14)23-11-13-7-6-8-20(10-13)16(21)24-17(2,3)4/h9,12-13H,5-8,10-11H2,1-4H3. The Morgan fingerprint density at radius 3 is 2.67 bits per heavy atom. The highest BCUT2D eigenvalue weighted by Gasteiger charge is 2.28. The van der Waals surface area contributed by atoms with E-state index in [9.17, 15) is 4.79 Å². The summed E-state index contributed by atoms with van der Waals surface area (Å²) in [5.41, 5.74) is -0.475. The summed E-state index contributed by atoms with van der Waals surface area (Å²) in [7, 11) is 0. The molecule has 1 atom stereocenters. The van der Waals surface area contributed by atoms with E-state index in [0.717, 1.165) is 19.4 Å². The molecule has 7 nitrogen and oxygen atoms in total. The van der Waals surface area contributed by atoms with E-state index in [1.54, 1.807) is 11.0 Å². The lowest BCUT2D eigenvalue weighted by Crippen LogP contribution is -2.44. The van der Waals surface area contributed by atoms with Gasteiger partial charge in [0.15, 0.2) is 0 Å². The van der Waals surface area contributed by atoms with Gasteiger partial charge in [-0.15, -0.1) is 0 Å². The van der Waals surface area contributed by atoms with Gasteiger partial charge in [-0.2, -0.15) is 0 Å². The van der Waals surface area contributed by atoms with Crippen molar-refractivity contribution >= 4 is 6.09 Å². The van der Waals surface area contributed by atoms with E-state index >= 15 is 0 Å². The number of aromatic nitrogens is 2. The average Bonchev–Trinajstić information content (AvgIpc) is 2.52. The van der Waals surface area contributed by atoms with Crippen molar-refractivity contribution in [2.45, 2.75) is 46.1 Å². The molecule has 24 heavy (non-hydrogen) atoms. The fraction of sp³-hybridized carbons (Fsp3) is 0.706. The van der Waals surface area contributed by atoms with Crippen molar-refractivity contribution in [1.29, 1.82) is 0 Å². The topological polar surface area (TPSA) is 73.8 Å². The van der Waals surface area contributed by atoms with E-state index in [4.69, 9.17) is 14.2 Å². The first-order valence-corrected chi connectivity index (χ1v) is 8.43. The van der Waals surface area contributed by atoms with Gasteiger partial charge in [-0.05, 0) is 40.5 Å². The normalized spacial score (nSPS) is 18.2. The first-order valence-electron chi connectivity index (χ1n) is 8.43. The van der Waals surface area contributed by atoms with Crippen LogP contribution >= 0.6 is 0 Å². The highest BCUT2D eigenvalue weighted by molar-refractivity contribution is 5.68. The molecule has 1 aromatic rings. The van der Waals surface area contributed by atoms with Crippen molar-refractivity contribution in [1.82, 2.24) is 14.9 Å². The van der Waals surface area contributed by atoms with Gasteiger partial charge in [-0.1, -0.05) is 0 Å². The van der Waals surface area contributed by atoms with Crippen molar-refractivity contribution in [3.05, 3.63) is 12.4 Å². The van der Waals surface area contributed by atoms with E-state index in [1.807, 2.05) is 27.7 Å². The summed E-state index contributed by atoms with van der Waals surface area (Å²) in [5.74, 6) is 1.25. The van der Waals surface area contributed by atoms with Crippen LogP contribution in [0, 0.1) is 5.92 Å². The Hall–Kier alpha value is -2.05. The fourth-order valence-electron chi connectivity index (χ4n) is 2.53. The van der Waals surface area contributed by atoms with Crippen LogP contribution in [-0.4, -0.2) is 52.9 Å². The lowest BCUT2D eigenvalue weighted by atomic mass is 9.99. The predicted octanol–water partition coefficient (Wildman–Crippen LogP) is 2.90. The fourth-order valence-corrected chi connectivity index (χ4v) is 2.53. The Morgan fingerprint density at radius 2 is 2.00 bits per heavy atom. The molecule has 0 N–H and O–H groups in total. The second-order valence-corrected chi connectivity index (χ2v) is 6.87. The van der Waals surface area contributed by atoms with Crippen LogP contribution in [-0.2, 0) is 4.74 Å². The molecule has 134 valence electrons. The van der Waals surface area contributed by atoms with Gasteiger partial charge in [0.05, 0.1) is 19.3 Å². The largest absolute Gasteiger partial charge is 0.478 e. The van der Waals surface area contributed by atoms with E-state index in [1.165, 1.54) is 6.33 Å². The molecule has 1 saturated heterocycles. The van der Waals surface area contributed by atoms with Crippen molar-refractivity contribution < 1.29 is 19.0 Å². The Bertz CT molecular complexity index is 545. The van der Waals surface area contributed by atoms with Crippen molar-refractivity contribution in [2.24, 2.45) is 5.92 Å². The second kappa shape index (κ2) is 8.17. The van der Waals surface area contributed by atoms with Gasteiger partial charge < -0.3 is 19.1 Å². The third-order valence-corrected chi connectivity index (χ3v) is 3.55. The molecular weight excluding hydrogens is 310 g/mol. The van der Waals surface area contributed by atoms with Gasteiger partial charge >= 0.3 is 6.09 Å². The molecule has 2 rings (SSSR count). The molecule has 0 bridgehead atoms. The molecule has 1 unspecified atom stereocenters. The summed E-state index contributed by atoms with van der Waals surface area (Å²) < 4.78 is 16.5. The zero-order valence-electron chi connectivity index (χ0n) is 14.9. The number of ether oxygens (including phenoxy) is 3. The first-order chi connectivity index (χ1) is 11.4. The molecule has 1 amide bonds. The summed E-state index contributed by atoms with van der Waals surface area (Å²) in [5, 5.41) is 0. The first kappa shape index (κ1) is 18.3. The maximum atomic E-state index is 12.2. The van der Waals surface area contributed by atoms with Crippen LogP contribution in [0.4, 0.5) is 4.79 Å². The monoisotopic (exact) mass is 337 g/mol. The molecule has 2 heterocycles. The number of carbonyl (C=O) groups excluding carboxylic acids is 1. The minimum Gasteiger partial charge on any atom is -0.478 e. The van der Waals surface area contributed by atoms with E-state index in [2.05, 4.69) is 9.97 Å². The minimum absolute atomic E-state index is 0.257. The Morgan fingerprint density at radius 1 is 1.29 bits per heavy atom. The van der Waals surface area contributed by atoms with Gasteiger partial charge in [0, 0.05) is 19.0 Å². The van der Waals surface area contributed by atoms with Gasteiger partial charge in [0.2, 0.25) is 11.8 Å². The predicted molar refractivity (Wildman–Crippen MR) is 89.2 cm³/mol. The summed E-state index contributed by atoms with van der Waals surface area (Å²) in [4.78, 5) is 22.0. The molecule has 1 aromatic heterocycles. The van der Waals surface area contributed by atoms with Gasteiger partial charge in [-0.3, -0.25) is 0 Å². The van der Waals surface area contributed by atoms with E-state index in [-0.39, 0.29) is 12.0 Å². The van der Waals surface area contributed by atoms with E-state index in [0.29, 0.717) is 31.5 Å². The molecule has 1 fully saturated rings. The number of hydrogen-bond acceptors (Lipinski definition) is 6. The zero-order chi connectivity index (χ0) is 17.6. The summed E-state index contributed by atoms with van der Waals surface area (Å²) in [6.07, 6.45) is 3.13. The summed E-state index contributed by atoms with van der Waals surface area (Å²) >= 11 is 0. The van der Waals surface area contributed by atoms with Crippen LogP contribution in [0.5, 0.6) is 11.8 Å². The number of piperidine rings is 1. The number of nitrogens with zero attached hydrogens (tertiary/aromatic N) is 3. The Labute approximate surface area is 143 Å². The summed E-state index contributed by atoms with van der Waals surface area (Å²) in [6.45, 7) is 9.94. The highest BCUT2D eigenvalue weighted by Crippen LogP contribution is 2.21. The van der Waals surface area contributed by atoms with Crippen molar-refractivity contribution in [3.63, 3.8) is 0 Å². The molecule has 0 aromatic carbocycles. The molecular formula is C17H27N3O4. The number of likely N-dealkylation sites (tertiary alicyclic amines) is 1.